The third-order valence-electron chi connectivity index (χ3n) is 2.57. The molecule has 0 spiro atoms. The Balaban J connectivity index is 2.16. The molecule has 0 unspecified atom stereocenters. The van der Waals surface area contributed by atoms with E-state index in [1.807, 2.05) is 12.4 Å². The van der Waals surface area contributed by atoms with Crippen LogP contribution in [0.15, 0.2) is 36.7 Å². The molecule has 0 bridgehead atoms. The van der Waals surface area contributed by atoms with Crippen LogP contribution in [-0.2, 0) is 6.54 Å². The predicted octanol–water partition coefficient (Wildman–Crippen LogP) is 3.06. The number of rotatable bonds is 4. The molecule has 90 valence electrons. The van der Waals surface area contributed by atoms with Gasteiger partial charge in [0.15, 0.2) is 0 Å². The second-order valence-electron chi connectivity index (χ2n) is 4.67. The van der Waals surface area contributed by atoms with E-state index in [-0.39, 0.29) is 0 Å². The number of hydrogen-bond acceptors (Lipinski definition) is 2. The summed E-state index contributed by atoms with van der Waals surface area (Å²) in [5.74, 6) is 0.932. The molecule has 17 heavy (non-hydrogen) atoms. The first kappa shape index (κ1) is 11.7. The Bertz CT molecular complexity index is 486. The van der Waals surface area contributed by atoms with Gasteiger partial charge in [0.1, 0.15) is 0 Å². The number of imidazole rings is 1. The van der Waals surface area contributed by atoms with Crippen LogP contribution < -0.4 is 5.32 Å². The zero-order valence-corrected chi connectivity index (χ0v) is 10.6. The van der Waals surface area contributed by atoms with Crippen molar-refractivity contribution in [2.75, 3.05) is 5.32 Å². The molecule has 1 N–H and O–H groups in total. The van der Waals surface area contributed by atoms with E-state index >= 15 is 0 Å². The summed E-state index contributed by atoms with van der Waals surface area (Å²) < 4.78 is 2.13. The number of benzene rings is 1. The molecule has 3 heteroatoms. The minimum absolute atomic E-state index is 0.397. The molecule has 2 rings (SSSR count). The van der Waals surface area contributed by atoms with Crippen molar-refractivity contribution in [3.05, 3.63) is 47.8 Å². The second kappa shape index (κ2) is 5.04. The average Bonchev–Trinajstić information content (AvgIpc) is 2.65. The number of hydrogen-bond donors (Lipinski definition) is 1. The molecule has 0 radical (unpaired) electrons. The fourth-order valence-electron chi connectivity index (χ4n) is 1.84. The molecule has 0 fully saturated rings. The molecule has 1 aromatic carbocycles. The third kappa shape index (κ3) is 3.09. The first-order valence-corrected chi connectivity index (χ1v) is 5.98. The van der Waals surface area contributed by atoms with Gasteiger partial charge in [0.25, 0.3) is 0 Å². The van der Waals surface area contributed by atoms with Gasteiger partial charge in [-0.05, 0) is 26.3 Å². The lowest BCUT2D eigenvalue weighted by Gasteiger charge is -2.12. The molecule has 2 aromatic rings. The van der Waals surface area contributed by atoms with Crippen LogP contribution in [0.2, 0.25) is 0 Å². The number of nitrogens with zero attached hydrogens (tertiary/aromatic N) is 2. The highest BCUT2D eigenvalue weighted by Gasteiger charge is 2.04. The molecule has 3 nitrogen and oxygen atoms in total. The maximum atomic E-state index is 4.33. The van der Waals surface area contributed by atoms with Crippen molar-refractivity contribution >= 4 is 5.95 Å². The fourth-order valence-corrected chi connectivity index (χ4v) is 1.84. The Morgan fingerprint density at radius 2 is 2.18 bits per heavy atom. The summed E-state index contributed by atoms with van der Waals surface area (Å²) >= 11 is 0. The smallest absolute Gasteiger partial charge is 0.203 e. The Morgan fingerprint density at radius 1 is 1.35 bits per heavy atom. The average molecular weight is 229 g/mol. The highest BCUT2D eigenvalue weighted by molar-refractivity contribution is 5.30. The Hall–Kier alpha value is -1.77. The summed E-state index contributed by atoms with van der Waals surface area (Å²) in [5.41, 5.74) is 2.59. The van der Waals surface area contributed by atoms with Crippen molar-refractivity contribution in [1.82, 2.24) is 9.55 Å². The van der Waals surface area contributed by atoms with Crippen LogP contribution in [0.3, 0.4) is 0 Å². The van der Waals surface area contributed by atoms with E-state index < -0.39 is 0 Å². The van der Waals surface area contributed by atoms with Crippen LogP contribution in [0.25, 0.3) is 0 Å². The summed E-state index contributed by atoms with van der Waals surface area (Å²) in [5, 5.41) is 3.34. The van der Waals surface area contributed by atoms with Crippen molar-refractivity contribution < 1.29 is 0 Å². The van der Waals surface area contributed by atoms with E-state index in [1.54, 1.807) is 0 Å². The van der Waals surface area contributed by atoms with Gasteiger partial charge in [-0.25, -0.2) is 4.98 Å². The van der Waals surface area contributed by atoms with Gasteiger partial charge in [-0.2, -0.15) is 0 Å². The molecule has 0 aliphatic carbocycles. The van der Waals surface area contributed by atoms with Crippen LogP contribution in [0.5, 0.6) is 0 Å². The fraction of sp³-hybridized carbons (Fsp3) is 0.357. The van der Waals surface area contributed by atoms with Gasteiger partial charge in [0.2, 0.25) is 5.95 Å². The predicted molar refractivity (Wildman–Crippen MR) is 71.3 cm³/mol. The molecule has 0 aliphatic rings. The van der Waals surface area contributed by atoms with E-state index in [0.717, 1.165) is 12.5 Å². The van der Waals surface area contributed by atoms with E-state index in [4.69, 9.17) is 0 Å². The van der Waals surface area contributed by atoms with Gasteiger partial charge in [-0.15, -0.1) is 0 Å². The van der Waals surface area contributed by atoms with E-state index in [2.05, 4.69) is 59.9 Å². The quantitative estimate of drug-likeness (QED) is 0.873. The van der Waals surface area contributed by atoms with Gasteiger partial charge in [-0.1, -0.05) is 29.8 Å². The van der Waals surface area contributed by atoms with E-state index in [9.17, 15) is 0 Å². The highest BCUT2D eigenvalue weighted by Crippen LogP contribution is 2.11. The summed E-state index contributed by atoms with van der Waals surface area (Å²) in [4.78, 5) is 4.33. The second-order valence-corrected chi connectivity index (χ2v) is 4.67. The van der Waals surface area contributed by atoms with Crippen LogP contribution in [0.1, 0.15) is 25.0 Å². The molecule has 0 atom stereocenters. The van der Waals surface area contributed by atoms with Crippen LogP contribution in [0.4, 0.5) is 5.95 Å². The summed E-state index contributed by atoms with van der Waals surface area (Å²) in [7, 11) is 0. The van der Waals surface area contributed by atoms with Gasteiger partial charge >= 0.3 is 0 Å². The lowest BCUT2D eigenvalue weighted by atomic mass is 10.1. The lowest BCUT2D eigenvalue weighted by molar-refractivity contribution is 0.773. The van der Waals surface area contributed by atoms with E-state index in [0.29, 0.717) is 6.04 Å². The Morgan fingerprint density at radius 3 is 2.88 bits per heavy atom. The maximum absolute atomic E-state index is 4.33. The summed E-state index contributed by atoms with van der Waals surface area (Å²) in [6, 6.07) is 8.96. The molecule has 0 saturated heterocycles. The van der Waals surface area contributed by atoms with Gasteiger partial charge in [-0.3, -0.25) is 0 Å². The van der Waals surface area contributed by atoms with Gasteiger partial charge < -0.3 is 9.88 Å². The largest absolute Gasteiger partial charge is 0.353 e. The summed E-state index contributed by atoms with van der Waals surface area (Å²) in [6.07, 6.45) is 3.84. The Labute approximate surface area is 103 Å². The van der Waals surface area contributed by atoms with Crippen molar-refractivity contribution in [3.63, 3.8) is 0 Å². The molecular formula is C14H19N3. The van der Waals surface area contributed by atoms with E-state index in [1.165, 1.54) is 11.1 Å². The number of anilines is 1. The van der Waals surface area contributed by atoms with Crippen LogP contribution in [-0.4, -0.2) is 15.6 Å². The Kier molecular flexibility index (Phi) is 3.47. The number of aryl methyl sites for hydroxylation is 1. The molecule has 0 aliphatic heterocycles. The first-order valence-electron chi connectivity index (χ1n) is 5.98. The van der Waals surface area contributed by atoms with Crippen molar-refractivity contribution in [3.8, 4) is 0 Å². The van der Waals surface area contributed by atoms with Crippen LogP contribution in [0, 0.1) is 6.92 Å². The lowest BCUT2D eigenvalue weighted by Crippen LogP contribution is -2.14. The maximum Gasteiger partial charge on any atom is 0.203 e. The minimum Gasteiger partial charge on any atom is -0.353 e. The SMILES string of the molecule is Cc1cccc(Cn2ccnc2NC(C)C)c1. The molecule has 0 amide bonds. The van der Waals surface area contributed by atoms with Crippen molar-refractivity contribution in [2.45, 2.75) is 33.4 Å². The minimum atomic E-state index is 0.397. The zero-order valence-electron chi connectivity index (χ0n) is 10.6. The first-order chi connectivity index (χ1) is 8.15. The van der Waals surface area contributed by atoms with Gasteiger partial charge in [0.05, 0.1) is 6.54 Å². The van der Waals surface area contributed by atoms with Crippen molar-refractivity contribution in [2.24, 2.45) is 0 Å². The molecular weight excluding hydrogens is 210 g/mol. The number of nitrogens with one attached hydrogen (secondary N) is 1. The summed E-state index contributed by atoms with van der Waals surface area (Å²) in [6.45, 7) is 7.21. The monoisotopic (exact) mass is 229 g/mol. The van der Waals surface area contributed by atoms with Gasteiger partial charge in [0, 0.05) is 18.4 Å². The topological polar surface area (TPSA) is 29.9 Å². The third-order valence-corrected chi connectivity index (χ3v) is 2.57. The number of aromatic nitrogens is 2. The van der Waals surface area contributed by atoms with Crippen LogP contribution >= 0.6 is 0 Å². The molecule has 0 saturated carbocycles. The van der Waals surface area contributed by atoms with Crippen molar-refractivity contribution in [1.29, 1.82) is 0 Å². The normalized spacial score (nSPS) is 10.8. The molecule has 1 aromatic heterocycles. The zero-order chi connectivity index (χ0) is 12.3. The highest BCUT2D eigenvalue weighted by atomic mass is 15.2. The molecule has 1 heterocycles. The standard InChI is InChI=1S/C14H19N3/c1-11(2)16-14-15-7-8-17(14)10-13-6-4-5-12(3)9-13/h4-9,11H,10H2,1-3H3,(H,15,16).